The Hall–Kier alpha value is -1.62. The van der Waals surface area contributed by atoms with Crippen LogP contribution < -0.4 is 11.3 Å². The van der Waals surface area contributed by atoms with E-state index in [1.165, 1.54) is 0 Å². The molecule has 0 aromatic carbocycles. The summed E-state index contributed by atoms with van der Waals surface area (Å²) in [5, 5.41) is 0. The molecule has 5 heteroatoms. The Morgan fingerprint density at radius 3 is 2.86 bits per heavy atom. The monoisotopic (exact) mass is 303 g/mol. The molecule has 0 unspecified atom stereocenters. The minimum atomic E-state index is 0.0914. The Labute approximate surface area is 131 Å². The van der Waals surface area contributed by atoms with Gasteiger partial charge in [-0.3, -0.25) is 9.59 Å². The second-order valence-corrected chi connectivity index (χ2v) is 6.60. The smallest absolute Gasteiger partial charge is 0.250 e. The lowest BCUT2D eigenvalue weighted by molar-refractivity contribution is -0.134. The van der Waals surface area contributed by atoms with Crippen molar-refractivity contribution in [2.45, 2.75) is 44.6 Å². The van der Waals surface area contributed by atoms with Gasteiger partial charge < -0.3 is 15.2 Å². The molecule has 3 heterocycles. The predicted molar refractivity (Wildman–Crippen MR) is 85.7 cm³/mol. The molecule has 0 aliphatic carbocycles. The Morgan fingerprint density at radius 1 is 1.18 bits per heavy atom. The largest absolute Gasteiger partial charge is 0.342 e. The zero-order valence-electron chi connectivity index (χ0n) is 13.0. The van der Waals surface area contributed by atoms with Gasteiger partial charge in [0, 0.05) is 43.7 Å². The maximum atomic E-state index is 12.4. The van der Waals surface area contributed by atoms with Crippen LogP contribution in [0.15, 0.2) is 23.0 Å². The molecule has 3 rings (SSSR count). The Kier molecular flexibility index (Phi) is 4.62. The van der Waals surface area contributed by atoms with Gasteiger partial charge in [-0.1, -0.05) is 12.5 Å². The quantitative estimate of drug-likeness (QED) is 0.834. The van der Waals surface area contributed by atoms with Crippen molar-refractivity contribution in [3.05, 3.63) is 34.2 Å². The fourth-order valence-electron chi connectivity index (χ4n) is 3.86. The van der Waals surface area contributed by atoms with Crippen molar-refractivity contribution < 1.29 is 4.79 Å². The number of likely N-dealkylation sites (tertiary alicyclic amines) is 1. The van der Waals surface area contributed by atoms with Crippen molar-refractivity contribution in [3.63, 3.8) is 0 Å². The molecule has 2 bridgehead atoms. The lowest BCUT2D eigenvalue weighted by Crippen LogP contribution is -2.49. The van der Waals surface area contributed by atoms with Gasteiger partial charge >= 0.3 is 0 Å². The summed E-state index contributed by atoms with van der Waals surface area (Å²) in [4.78, 5) is 26.4. The van der Waals surface area contributed by atoms with Crippen molar-refractivity contribution in [1.29, 1.82) is 0 Å². The fourth-order valence-corrected chi connectivity index (χ4v) is 3.86. The number of pyridine rings is 1. The molecule has 0 radical (unpaired) electrons. The van der Waals surface area contributed by atoms with E-state index in [0.717, 1.165) is 51.0 Å². The number of nitrogens with two attached hydrogens (primary N) is 1. The van der Waals surface area contributed by atoms with Crippen molar-refractivity contribution in [3.8, 4) is 0 Å². The number of carbonyl (C=O) groups excluding carboxylic acids is 1. The Balaban J connectivity index is 1.66. The van der Waals surface area contributed by atoms with E-state index in [1.54, 1.807) is 6.07 Å². The molecule has 1 fully saturated rings. The molecule has 1 aromatic rings. The highest BCUT2D eigenvalue weighted by Gasteiger charge is 2.35. The van der Waals surface area contributed by atoms with E-state index >= 15 is 0 Å². The van der Waals surface area contributed by atoms with Gasteiger partial charge in [-0.25, -0.2) is 0 Å². The fraction of sp³-hybridized carbons (Fsp3) is 0.647. The highest BCUT2D eigenvalue weighted by atomic mass is 16.2. The first kappa shape index (κ1) is 15.3. The van der Waals surface area contributed by atoms with Gasteiger partial charge in [0.1, 0.15) is 0 Å². The maximum absolute atomic E-state index is 12.4. The molecule has 1 saturated heterocycles. The summed E-state index contributed by atoms with van der Waals surface area (Å²) < 4.78 is 1.90. The number of amides is 1. The molecular formula is C17H25N3O2. The molecule has 2 aliphatic heterocycles. The zero-order chi connectivity index (χ0) is 15.5. The van der Waals surface area contributed by atoms with E-state index < -0.39 is 0 Å². The Bertz CT molecular complexity index is 596. The number of fused-ring (bicyclic) bond motifs is 4. The molecule has 1 aromatic heterocycles. The van der Waals surface area contributed by atoms with Gasteiger partial charge in [0.05, 0.1) is 0 Å². The normalized spacial score (nSPS) is 23.2. The number of aromatic nitrogens is 1. The van der Waals surface area contributed by atoms with Crippen LogP contribution in [0, 0.1) is 5.92 Å². The van der Waals surface area contributed by atoms with Crippen LogP contribution in [0.3, 0.4) is 0 Å². The minimum Gasteiger partial charge on any atom is -0.342 e. The second-order valence-electron chi connectivity index (χ2n) is 6.60. The molecule has 2 N–H and O–H groups in total. The van der Waals surface area contributed by atoms with E-state index in [1.807, 2.05) is 21.6 Å². The molecule has 2 atom stereocenters. The topological polar surface area (TPSA) is 68.3 Å². The summed E-state index contributed by atoms with van der Waals surface area (Å²) in [6.07, 6.45) is 4.68. The summed E-state index contributed by atoms with van der Waals surface area (Å²) in [6.45, 7) is 3.01. The summed E-state index contributed by atoms with van der Waals surface area (Å²) >= 11 is 0. The molecular weight excluding hydrogens is 278 g/mol. The lowest BCUT2D eigenvalue weighted by atomic mass is 9.83. The number of piperidine rings is 1. The van der Waals surface area contributed by atoms with Gasteiger partial charge in [0.2, 0.25) is 5.91 Å². The van der Waals surface area contributed by atoms with E-state index in [2.05, 4.69) is 0 Å². The third kappa shape index (κ3) is 3.09. The number of unbranched alkanes of at least 4 members (excludes halogenated alkanes) is 2. The average Bonchev–Trinajstić information content (AvgIpc) is 2.52. The third-order valence-electron chi connectivity index (χ3n) is 4.93. The third-order valence-corrected chi connectivity index (χ3v) is 4.93. The van der Waals surface area contributed by atoms with E-state index in [4.69, 9.17) is 5.73 Å². The van der Waals surface area contributed by atoms with Crippen molar-refractivity contribution >= 4 is 5.91 Å². The maximum Gasteiger partial charge on any atom is 0.250 e. The van der Waals surface area contributed by atoms with Crippen molar-refractivity contribution in [2.75, 3.05) is 19.6 Å². The second kappa shape index (κ2) is 6.65. The molecule has 5 nitrogen and oxygen atoms in total. The van der Waals surface area contributed by atoms with Crippen LogP contribution in [-0.2, 0) is 11.3 Å². The van der Waals surface area contributed by atoms with Crippen LogP contribution in [0.4, 0.5) is 0 Å². The number of carbonyl (C=O) groups is 1. The first-order valence-electron chi connectivity index (χ1n) is 8.36. The van der Waals surface area contributed by atoms with Gasteiger partial charge in [0.25, 0.3) is 5.56 Å². The zero-order valence-corrected chi connectivity index (χ0v) is 13.0. The van der Waals surface area contributed by atoms with Gasteiger partial charge in [0.15, 0.2) is 0 Å². The molecule has 120 valence electrons. The van der Waals surface area contributed by atoms with Gasteiger partial charge in [-0.2, -0.15) is 0 Å². The average molecular weight is 303 g/mol. The van der Waals surface area contributed by atoms with Crippen molar-refractivity contribution in [1.82, 2.24) is 9.47 Å². The highest BCUT2D eigenvalue weighted by Crippen LogP contribution is 2.35. The van der Waals surface area contributed by atoms with Crippen LogP contribution >= 0.6 is 0 Å². The summed E-state index contributed by atoms with van der Waals surface area (Å²) in [5.41, 5.74) is 6.68. The molecule has 1 amide bonds. The van der Waals surface area contributed by atoms with Crippen LogP contribution in [0.25, 0.3) is 0 Å². The van der Waals surface area contributed by atoms with Crippen molar-refractivity contribution in [2.24, 2.45) is 11.7 Å². The summed E-state index contributed by atoms with van der Waals surface area (Å²) in [7, 11) is 0. The highest BCUT2D eigenvalue weighted by molar-refractivity contribution is 5.76. The van der Waals surface area contributed by atoms with Crippen LogP contribution in [0.2, 0.25) is 0 Å². The van der Waals surface area contributed by atoms with E-state index in [9.17, 15) is 9.59 Å². The standard InChI is InChI=1S/C17H25N3O2/c18-8-3-1-2-6-16(21)19-10-13-9-14(12-19)15-5-4-7-17(22)20(15)11-13/h4-5,7,13-14H,1-3,6,8-12,18H2/t13-,14-/m1/s1. The number of rotatable bonds is 5. The van der Waals surface area contributed by atoms with E-state index in [-0.39, 0.29) is 11.5 Å². The molecule has 2 aliphatic rings. The van der Waals surface area contributed by atoms with Crippen LogP contribution in [0.5, 0.6) is 0 Å². The first-order chi connectivity index (χ1) is 10.7. The molecule has 0 saturated carbocycles. The lowest BCUT2D eigenvalue weighted by Gasteiger charge is -2.42. The minimum absolute atomic E-state index is 0.0914. The first-order valence-corrected chi connectivity index (χ1v) is 8.36. The molecule has 0 spiro atoms. The summed E-state index contributed by atoms with van der Waals surface area (Å²) in [5.74, 6) is 0.993. The number of hydrogen-bond acceptors (Lipinski definition) is 3. The Morgan fingerprint density at radius 2 is 2.05 bits per heavy atom. The SMILES string of the molecule is NCCCCCC(=O)N1C[C@H]2C[C@H](C1)c1cccc(=O)n1C2. The number of nitrogens with zero attached hydrogens (tertiary/aromatic N) is 2. The van der Waals surface area contributed by atoms with Gasteiger partial charge in [-0.05, 0) is 37.8 Å². The van der Waals surface area contributed by atoms with Gasteiger partial charge in [-0.15, -0.1) is 0 Å². The van der Waals surface area contributed by atoms with E-state index in [0.29, 0.717) is 24.8 Å². The van der Waals surface area contributed by atoms with Crippen LogP contribution in [-0.4, -0.2) is 35.0 Å². The van der Waals surface area contributed by atoms with Crippen LogP contribution in [0.1, 0.15) is 43.7 Å². The summed E-state index contributed by atoms with van der Waals surface area (Å²) in [6, 6.07) is 5.50. The molecule has 22 heavy (non-hydrogen) atoms. The number of hydrogen-bond donors (Lipinski definition) is 1. The predicted octanol–water partition coefficient (Wildman–Crippen LogP) is 1.31.